The Morgan fingerprint density at radius 3 is 2.73 bits per heavy atom. The molecular weight excluding hydrogens is 166 g/mol. The number of aromatic nitrogens is 1. The van der Waals surface area contributed by atoms with E-state index in [1.54, 1.807) is 19.3 Å². The highest BCUT2D eigenvalue weighted by molar-refractivity contribution is 6.67. The molecule has 0 aromatic carbocycles. The lowest BCUT2D eigenvalue weighted by molar-refractivity contribution is 0.107. The molecule has 0 saturated heterocycles. The van der Waals surface area contributed by atoms with Gasteiger partial charge in [0.15, 0.2) is 0 Å². The van der Waals surface area contributed by atoms with Crippen molar-refractivity contribution in [2.75, 3.05) is 0 Å². The first kappa shape index (κ1) is 8.01. The maximum absolute atomic E-state index is 11.1. The number of halogens is 1. The third-order valence-electron chi connectivity index (χ3n) is 1.34. The van der Waals surface area contributed by atoms with E-state index < -0.39 is 5.24 Å². The van der Waals surface area contributed by atoms with Gasteiger partial charge in [0.2, 0.25) is 0 Å². The Morgan fingerprint density at radius 1 is 1.64 bits per heavy atom. The molecule has 0 aliphatic heterocycles. The van der Waals surface area contributed by atoms with Gasteiger partial charge in [0, 0.05) is 13.2 Å². The predicted molar refractivity (Wildman–Crippen MR) is 41.9 cm³/mol. The van der Waals surface area contributed by atoms with Gasteiger partial charge < -0.3 is 4.57 Å². The molecule has 0 aliphatic rings. The fourth-order valence-corrected chi connectivity index (χ4v) is 0.891. The lowest BCUT2D eigenvalue weighted by Crippen LogP contribution is -2.21. The predicted octanol–water partition coefficient (Wildman–Crippen LogP) is 0.764. The van der Waals surface area contributed by atoms with Crippen molar-refractivity contribution >= 4 is 16.8 Å². The minimum atomic E-state index is -0.716. The summed E-state index contributed by atoms with van der Waals surface area (Å²) in [6.07, 6.45) is 1.56. The highest BCUT2D eigenvalue weighted by Gasteiger charge is 2.06. The minimum Gasteiger partial charge on any atom is -0.318 e. The minimum absolute atomic E-state index is 0.0108. The molecule has 3 nitrogen and oxygen atoms in total. The lowest BCUT2D eigenvalue weighted by atomic mass is 10.3. The molecule has 1 rings (SSSR count). The van der Waals surface area contributed by atoms with Crippen molar-refractivity contribution in [1.82, 2.24) is 4.57 Å². The van der Waals surface area contributed by atoms with Gasteiger partial charge in [-0.2, -0.15) is 0 Å². The lowest BCUT2D eigenvalue weighted by Gasteiger charge is -1.96. The maximum atomic E-state index is 11.1. The summed E-state index contributed by atoms with van der Waals surface area (Å²) in [5.74, 6) is 0. The second kappa shape index (κ2) is 2.88. The van der Waals surface area contributed by atoms with Crippen molar-refractivity contribution in [3.63, 3.8) is 0 Å². The van der Waals surface area contributed by atoms with E-state index >= 15 is 0 Å². The highest BCUT2D eigenvalue weighted by Crippen LogP contribution is 1.95. The van der Waals surface area contributed by atoms with Crippen molar-refractivity contribution in [1.29, 1.82) is 0 Å². The number of aryl methyl sites for hydroxylation is 1. The highest BCUT2D eigenvalue weighted by atomic mass is 35.5. The van der Waals surface area contributed by atoms with Crippen LogP contribution in [0.1, 0.15) is 10.4 Å². The average Bonchev–Trinajstić information content (AvgIpc) is 1.94. The summed E-state index contributed by atoms with van der Waals surface area (Å²) < 4.78 is 1.30. The molecule has 1 aromatic heterocycles. The van der Waals surface area contributed by atoms with Crippen LogP contribution in [0.15, 0.2) is 23.1 Å². The summed E-state index contributed by atoms with van der Waals surface area (Å²) in [7, 11) is 1.56. The number of carbonyl (C=O) groups excluding carboxylic acids is 1. The molecule has 0 fully saturated rings. The first-order valence-corrected chi connectivity index (χ1v) is 3.36. The smallest absolute Gasteiger partial charge is 0.262 e. The fourth-order valence-electron chi connectivity index (χ4n) is 0.747. The molecule has 11 heavy (non-hydrogen) atoms. The monoisotopic (exact) mass is 171 g/mol. The van der Waals surface area contributed by atoms with Crippen LogP contribution in [-0.4, -0.2) is 9.81 Å². The largest absolute Gasteiger partial charge is 0.318 e. The van der Waals surface area contributed by atoms with E-state index in [4.69, 9.17) is 11.6 Å². The Hall–Kier alpha value is -1.09. The Balaban J connectivity index is 3.40. The molecule has 0 radical (unpaired) electrons. The van der Waals surface area contributed by atoms with Gasteiger partial charge in [-0.05, 0) is 23.7 Å². The Bertz CT molecular complexity index is 343. The summed E-state index contributed by atoms with van der Waals surface area (Å²) >= 11 is 5.13. The third kappa shape index (κ3) is 1.49. The molecule has 0 spiro atoms. The zero-order valence-corrected chi connectivity index (χ0v) is 6.63. The number of hydrogen-bond donors (Lipinski definition) is 0. The van der Waals surface area contributed by atoms with E-state index in [-0.39, 0.29) is 11.1 Å². The molecule has 0 atom stereocenters. The zero-order valence-electron chi connectivity index (χ0n) is 5.87. The van der Waals surface area contributed by atoms with E-state index in [0.717, 1.165) is 0 Å². The number of carbonyl (C=O) groups is 1. The number of rotatable bonds is 1. The molecule has 0 saturated carbocycles. The van der Waals surface area contributed by atoms with E-state index in [9.17, 15) is 9.59 Å². The van der Waals surface area contributed by atoms with Crippen molar-refractivity contribution in [3.8, 4) is 0 Å². The van der Waals surface area contributed by atoms with Crippen molar-refractivity contribution in [2.24, 2.45) is 7.05 Å². The van der Waals surface area contributed by atoms with Crippen molar-refractivity contribution in [3.05, 3.63) is 34.2 Å². The average molecular weight is 172 g/mol. The molecule has 58 valence electrons. The number of nitrogens with zero attached hydrogens (tertiary/aromatic N) is 1. The van der Waals surface area contributed by atoms with Crippen LogP contribution < -0.4 is 5.56 Å². The van der Waals surface area contributed by atoms with Crippen molar-refractivity contribution < 1.29 is 4.79 Å². The summed E-state index contributed by atoms with van der Waals surface area (Å²) in [6.45, 7) is 0. The molecule has 1 heterocycles. The number of pyridine rings is 1. The van der Waals surface area contributed by atoms with Crippen LogP contribution in [0.5, 0.6) is 0 Å². The normalized spacial score (nSPS) is 9.64. The quantitative estimate of drug-likeness (QED) is 0.586. The van der Waals surface area contributed by atoms with Gasteiger partial charge in [-0.1, -0.05) is 0 Å². The van der Waals surface area contributed by atoms with Crippen LogP contribution in [0.4, 0.5) is 0 Å². The summed E-state index contributed by atoms with van der Waals surface area (Å²) in [5, 5.41) is -0.716. The van der Waals surface area contributed by atoms with Crippen LogP contribution in [0.3, 0.4) is 0 Å². The summed E-state index contributed by atoms with van der Waals surface area (Å²) in [6, 6.07) is 2.99. The Morgan fingerprint density at radius 2 is 2.27 bits per heavy atom. The molecule has 4 heteroatoms. The van der Waals surface area contributed by atoms with Gasteiger partial charge in [-0.3, -0.25) is 9.59 Å². The van der Waals surface area contributed by atoms with Gasteiger partial charge in [0.25, 0.3) is 10.8 Å². The standard InChI is InChI=1S/C7H6ClNO2/c1-9-4-2-3-5(6(8)10)7(9)11/h2-4H,1H3. The van der Waals surface area contributed by atoms with Gasteiger partial charge in [-0.15, -0.1) is 0 Å². The van der Waals surface area contributed by atoms with Crippen LogP contribution >= 0.6 is 11.6 Å². The molecule has 1 aromatic rings. The molecule has 0 N–H and O–H groups in total. The van der Waals surface area contributed by atoms with E-state index in [2.05, 4.69) is 0 Å². The van der Waals surface area contributed by atoms with E-state index in [0.29, 0.717) is 0 Å². The first-order valence-electron chi connectivity index (χ1n) is 2.98. The van der Waals surface area contributed by atoms with Gasteiger partial charge in [-0.25, -0.2) is 0 Å². The van der Waals surface area contributed by atoms with Gasteiger partial charge in [0.1, 0.15) is 0 Å². The third-order valence-corrected chi connectivity index (χ3v) is 1.54. The van der Waals surface area contributed by atoms with Crippen LogP contribution in [0, 0.1) is 0 Å². The fraction of sp³-hybridized carbons (Fsp3) is 0.143. The Kier molecular flexibility index (Phi) is 2.10. The second-order valence-electron chi connectivity index (χ2n) is 2.11. The molecule has 0 aliphatic carbocycles. The second-order valence-corrected chi connectivity index (χ2v) is 2.45. The van der Waals surface area contributed by atoms with Gasteiger partial charge >= 0.3 is 0 Å². The van der Waals surface area contributed by atoms with Crippen LogP contribution in [0.25, 0.3) is 0 Å². The molecule has 0 unspecified atom stereocenters. The van der Waals surface area contributed by atoms with Crippen LogP contribution in [0.2, 0.25) is 0 Å². The topological polar surface area (TPSA) is 39.1 Å². The first-order chi connectivity index (χ1) is 5.13. The Labute approximate surface area is 68.2 Å². The molecule has 0 amide bonds. The van der Waals surface area contributed by atoms with Crippen LogP contribution in [-0.2, 0) is 7.05 Å². The van der Waals surface area contributed by atoms with E-state index in [1.807, 2.05) is 0 Å². The number of hydrogen-bond acceptors (Lipinski definition) is 2. The van der Waals surface area contributed by atoms with E-state index in [1.165, 1.54) is 10.6 Å². The zero-order chi connectivity index (χ0) is 8.43. The van der Waals surface area contributed by atoms with Crippen molar-refractivity contribution in [2.45, 2.75) is 0 Å². The summed E-state index contributed by atoms with van der Waals surface area (Å²) in [4.78, 5) is 21.6. The molecule has 0 bridgehead atoms. The summed E-state index contributed by atoms with van der Waals surface area (Å²) in [5.41, 5.74) is -0.357. The SMILES string of the molecule is Cn1cccc(C(=O)Cl)c1=O. The molecular formula is C7H6ClNO2. The maximum Gasteiger partial charge on any atom is 0.262 e. The van der Waals surface area contributed by atoms with Gasteiger partial charge in [0.05, 0.1) is 5.56 Å².